The summed E-state index contributed by atoms with van der Waals surface area (Å²) in [5.74, 6) is 0.706. The molecule has 2 aliphatic rings. The Kier molecular flexibility index (Phi) is 6.98. The van der Waals surface area contributed by atoms with Crippen LogP contribution in [0.2, 0.25) is 36.3 Å². The molecule has 0 aromatic rings. The van der Waals surface area contributed by atoms with Crippen molar-refractivity contribution in [1.82, 2.24) is 0 Å². The van der Waals surface area contributed by atoms with Crippen LogP contribution in [0.4, 0.5) is 0 Å². The third-order valence-electron chi connectivity index (χ3n) is 8.86. The summed E-state index contributed by atoms with van der Waals surface area (Å²) in [5.41, 5.74) is -0.953. The lowest BCUT2D eigenvalue weighted by Crippen LogP contribution is -2.57. The smallest absolute Gasteiger partial charge is 0.250 e. The van der Waals surface area contributed by atoms with Crippen LogP contribution in [0.3, 0.4) is 0 Å². The molecular weight excluding hydrogens is 430 g/mol. The van der Waals surface area contributed by atoms with Gasteiger partial charge in [0.2, 0.25) is 8.32 Å². The van der Waals surface area contributed by atoms with Crippen molar-refractivity contribution in [3.05, 3.63) is 23.5 Å². The Labute approximate surface area is 198 Å². The fourth-order valence-corrected chi connectivity index (χ4v) is 6.80. The Bertz CT molecular complexity index is 867. The molecule has 0 amide bonds. The van der Waals surface area contributed by atoms with Crippen LogP contribution in [0.15, 0.2) is 23.5 Å². The topological polar surface area (TPSA) is 59.3 Å². The number of carbonyl (C=O) groups is 1. The molecule has 0 aromatic heterocycles. The first-order valence-corrected chi connectivity index (χ1v) is 17.8. The number of nitriles is 1. The van der Waals surface area contributed by atoms with E-state index in [0.717, 1.165) is 17.8 Å². The van der Waals surface area contributed by atoms with Crippen molar-refractivity contribution in [2.24, 2.45) is 10.8 Å². The molecule has 3 atom stereocenters. The standard InChI is InChI=1S/C26H45NO3Si2/c1-19-15-16-26(18-27,20(28)17-19)25(8)21(29-31(9,10)23(2,3)4)13-14-22(25)30-32(11,12)24(5,6)7/h13,17,22H,14-16H2,1-12H3/t22-,25-,26-/m1/s1. The van der Waals surface area contributed by atoms with Gasteiger partial charge in [0, 0.05) is 0 Å². The molecule has 0 N–H and O–H groups in total. The fraction of sp³-hybridized carbons (Fsp3) is 0.769. The second kappa shape index (κ2) is 8.25. The number of allylic oxidation sites excluding steroid dienone is 2. The maximum absolute atomic E-state index is 13.6. The normalized spacial score (nSPS) is 30.0. The van der Waals surface area contributed by atoms with Crippen molar-refractivity contribution in [2.75, 3.05) is 0 Å². The number of rotatable bonds is 5. The Morgan fingerprint density at radius 2 is 1.59 bits per heavy atom. The van der Waals surface area contributed by atoms with Gasteiger partial charge < -0.3 is 8.85 Å². The third-order valence-corrected chi connectivity index (χ3v) is 17.7. The van der Waals surface area contributed by atoms with Crippen LogP contribution in [0.25, 0.3) is 0 Å². The van der Waals surface area contributed by atoms with Crippen molar-refractivity contribution in [2.45, 2.75) is 117 Å². The van der Waals surface area contributed by atoms with E-state index in [9.17, 15) is 10.1 Å². The van der Waals surface area contributed by atoms with Crippen LogP contribution in [0.1, 0.15) is 74.7 Å². The van der Waals surface area contributed by atoms with Crippen molar-refractivity contribution < 1.29 is 13.6 Å². The number of ketones is 1. The molecule has 0 fully saturated rings. The van der Waals surface area contributed by atoms with Crippen molar-refractivity contribution in [3.8, 4) is 6.07 Å². The first kappa shape index (κ1) is 27.1. The van der Waals surface area contributed by atoms with Gasteiger partial charge in [0.25, 0.3) is 0 Å². The van der Waals surface area contributed by atoms with Gasteiger partial charge in [-0.15, -0.1) is 0 Å². The zero-order chi connectivity index (χ0) is 25.0. The summed E-state index contributed by atoms with van der Waals surface area (Å²) in [5, 5.41) is 10.6. The predicted octanol–water partition coefficient (Wildman–Crippen LogP) is 7.51. The van der Waals surface area contributed by atoms with Crippen molar-refractivity contribution in [3.63, 3.8) is 0 Å². The molecule has 0 unspecified atom stereocenters. The van der Waals surface area contributed by atoms with E-state index in [0.29, 0.717) is 12.8 Å². The SMILES string of the molecule is CC1=CC(=O)[C@@](C#N)([C@]2(C)C(O[Si](C)(C)C(C)(C)C)=CC[C@H]2O[Si](C)(C)C(C)(C)C)CC1. The summed E-state index contributed by atoms with van der Waals surface area (Å²) in [6.07, 6.45) is 5.48. The lowest BCUT2D eigenvalue weighted by molar-refractivity contribution is -0.132. The van der Waals surface area contributed by atoms with Gasteiger partial charge in [0.1, 0.15) is 5.41 Å². The molecule has 32 heavy (non-hydrogen) atoms. The van der Waals surface area contributed by atoms with Crippen LogP contribution >= 0.6 is 0 Å². The highest BCUT2D eigenvalue weighted by Gasteiger charge is 2.64. The monoisotopic (exact) mass is 475 g/mol. The predicted molar refractivity (Wildman–Crippen MR) is 137 cm³/mol. The number of nitrogens with zero attached hydrogens (tertiary/aromatic N) is 1. The van der Waals surface area contributed by atoms with E-state index < -0.39 is 27.5 Å². The van der Waals surface area contributed by atoms with Gasteiger partial charge in [-0.25, -0.2) is 0 Å². The lowest BCUT2D eigenvalue weighted by atomic mass is 9.56. The molecule has 0 saturated heterocycles. The third kappa shape index (κ3) is 4.33. The first-order chi connectivity index (χ1) is 14.2. The molecule has 4 nitrogen and oxygen atoms in total. The Morgan fingerprint density at radius 3 is 2.03 bits per heavy atom. The van der Waals surface area contributed by atoms with E-state index in [1.165, 1.54) is 0 Å². The average molecular weight is 476 g/mol. The molecule has 2 rings (SSSR count). The Hall–Kier alpha value is -1.17. The van der Waals surface area contributed by atoms with Gasteiger partial charge in [-0.1, -0.05) is 47.1 Å². The highest BCUT2D eigenvalue weighted by atomic mass is 28.4. The Balaban J connectivity index is 2.65. The van der Waals surface area contributed by atoms with E-state index in [-0.39, 0.29) is 22.0 Å². The summed E-state index contributed by atoms with van der Waals surface area (Å²) in [6, 6.07) is 2.52. The maximum Gasteiger partial charge on any atom is 0.250 e. The summed E-state index contributed by atoms with van der Waals surface area (Å²) in [6.45, 7) is 26.3. The van der Waals surface area contributed by atoms with Gasteiger partial charge in [0.15, 0.2) is 14.1 Å². The van der Waals surface area contributed by atoms with Gasteiger partial charge in [0.05, 0.1) is 23.3 Å². The molecule has 2 aliphatic carbocycles. The van der Waals surface area contributed by atoms with E-state index in [1.807, 2.05) is 6.92 Å². The number of carbonyl (C=O) groups excluding carboxylic acids is 1. The summed E-state index contributed by atoms with van der Waals surface area (Å²) >= 11 is 0. The van der Waals surface area contributed by atoms with Crippen LogP contribution in [0.5, 0.6) is 0 Å². The van der Waals surface area contributed by atoms with Crippen LogP contribution in [-0.2, 0) is 13.6 Å². The summed E-state index contributed by atoms with van der Waals surface area (Å²) < 4.78 is 13.8. The van der Waals surface area contributed by atoms with Crippen molar-refractivity contribution >= 4 is 22.4 Å². The number of hydrogen-bond donors (Lipinski definition) is 0. The summed E-state index contributed by atoms with van der Waals surface area (Å²) in [4.78, 5) is 13.6. The molecular formula is C26H45NO3Si2. The van der Waals surface area contributed by atoms with E-state index in [4.69, 9.17) is 8.85 Å². The molecule has 180 valence electrons. The minimum Gasteiger partial charge on any atom is -0.546 e. The van der Waals surface area contributed by atoms with E-state index >= 15 is 0 Å². The van der Waals surface area contributed by atoms with Crippen LogP contribution in [-0.4, -0.2) is 28.5 Å². The largest absolute Gasteiger partial charge is 0.546 e. The summed E-state index contributed by atoms with van der Waals surface area (Å²) in [7, 11) is -4.32. The van der Waals surface area contributed by atoms with E-state index in [1.54, 1.807) is 6.08 Å². The lowest BCUT2D eigenvalue weighted by Gasteiger charge is -2.51. The van der Waals surface area contributed by atoms with Gasteiger partial charge in [-0.05, 0) is 81.5 Å². The zero-order valence-electron chi connectivity index (χ0n) is 22.5. The highest BCUT2D eigenvalue weighted by molar-refractivity contribution is 6.74. The van der Waals surface area contributed by atoms with Gasteiger partial charge >= 0.3 is 0 Å². The molecule has 6 heteroatoms. The van der Waals surface area contributed by atoms with Crippen LogP contribution in [0, 0.1) is 22.2 Å². The first-order valence-electron chi connectivity index (χ1n) is 12.0. The molecule has 0 aliphatic heterocycles. The van der Waals surface area contributed by atoms with E-state index in [2.05, 4.69) is 86.8 Å². The minimum absolute atomic E-state index is 0.0139. The van der Waals surface area contributed by atoms with Gasteiger partial charge in [-0.2, -0.15) is 5.26 Å². The molecule has 0 radical (unpaired) electrons. The molecule has 0 aromatic carbocycles. The second-order valence-corrected chi connectivity index (χ2v) is 22.6. The quantitative estimate of drug-likeness (QED) is 0.386. The van der Waals surface area contributed by atoms with Gasteiger partial charge in [-0.3, -0.25) is 4.79 Å². The van der Waals surface area contributed by atoms with Crippen LogP contribution < -0.4 is 0 Å². The molecule has 0 spiro atoms. The molecule has 0 bridgehead atoms. The second-order valence-electron chi connectivity index (χ2n) is 13.1. The number of hydrogen-bond acceptors (Lipinski definition) is 4. The molecule has 0 saturated carbocycles. The average Bonchev–Trinajstić information content (AvgIpc) is 2.90. The molecule has 0 heterocycles. The zero-order valence-corrected chi connectivity index (χ0v) is 24.5. The Morgan fingerprint density at radius 1 is 1.06 bits per heavy atom. The highest BCUT2D eigenvalue weighted by Crippen LogP contribution is 2.60. The minimum atomic E-state index is -2.18. The maximum atomic E-state index is 13.6. The van der Waals surface area contributed by atoms with Crippen molar-refractivity contribution in [1.29, 1.82) is 5.26 Å². The fourth-order valence-electron chi connectivity index (χ4n) is 4.25.